The van der Waals surface area contributed by atoms with Gasteiger partial charge in [0.2, 0.25) is 0 Å². The van der Waals surface area contributed by atoms with Crippen LogP contribution in [-0.2, 0) is 9.47 Å². The van der Waals surface area contributed by atoms with Gasteiger partial charge in [-0.1, -0.05) is 36.4 Å². The van der Waals surface area contributed by atoms with Crippen molar-refractivity contribution in [2.45, 2.75) is 31.6 Å². The van der Waals surface area contributed by atoms with E-state index in [1.807, 2.05) is 65.7 Å². The quantitative estimate of drug-likeness (QED) is 0.380. The van der Waals surface area contributed by atoms with Crippen LogP contribution in [0.3, 0.4) is 0 Å². The minimum absolute atomic E-state index is 0.0470. The minimum atomic E-state index is -0.739. The monoisotopic (exact) mass is 517 g/mol. The van der Waals surface area contributed by atoms with Crippen molar-refractivity contribution in [3.63, 3.8) is 0 Å². The van der Waals surface area contributed by atoms with Crippen molar-refractivity contribution in [2.24, 2.45) is 0 Å². The first-order chi connectivity index (χ1) is 18.6. The van der Waals surface area contributed by atoms with Gasteiger partial charge in [-0.05, 0) is 60.9 Å². The van der Waals surface area contributed by atoms with Crippen LogP contribution in [0.5, 0.6) is 23.0 Å². The molecule has 2 aliphatic rings. The number of nitrogens with zero attached hydrogens (tertiary/aromatic N) is 1. The first-order valence-electron chi connectivity index (χ1n) is 12.5. The third kappa shape index (κ3) is 5.39. The van der Waals surface area contributed by atoms with E-state index in [1.54, 1.807) is 27.3 Å². The number of hydrogen-bond donors (Lipinski definition) is 2. The molecule has 5 rings (SSSR count). The van der Waals surface area contributed by atoms with Crippen molar-refractivity contribution in [2.75, 3.05) is 20.8 Å². The number of ether oxygens (including phenoxy) is 5. The lowest BCUT2D eigenvalue weighted by atomic mass is 9.91. The van der Waals surface area contributed by atoms with Crippen molar-refractivity contribution in [1.29, 1.82) is 0 Å². The molecule has 0 radical (unpaired) electrons. The predicted molar refractivity (Wildman–Crippen MR) is 141 cm³/mol. The number of hydrazine groups is 1. The number of rotatable bonds is 8. The van der Waals surface area contributed by atoms with Crippen LogP contribution < -0.4 is 25.0 Å². The van der Waals surface area contributed by atoms with E-state index in [0.717, 1.165) is 29.0 Å². The second-order valence-corrected chi connectivity index (χ2v) is 8.84. The Balaban J connectivity index is 1.42. The lowest BCUT2D eigenvalue weighted by molar-refractivity contribution is 0.0182. The molecule has 1 saturated heterocycles. The molecule has 0 bridgehead atoms. The molecule has 0 aromatic heterocycles. The maximum Gasteiger partial charge on any atom is 0.513 e. The van der Waals surface area contributed by atoms with Gasteiger partial charge in [-0.25, -0.2) is 4.79 Å². The molecule has 9 nitrogen and oxygen atoms in total. The third-order valence-electron chi connectivity index (χ3n) is 6.57. The molecule has 9 heteroatoms. The Morgan fingerprint density at radius 1 is 0.921 bits per heavy atom. The molecule has 38 heavy (non-hydrogen) atoms. The number of carbonyl (C=O) groups excluding carboxylic acids is 1. The van der Waals surface area contributed by atoms with Gasteiger partial charge in [0.15, 0.2) is 17.3 Å². The Morgan fingerprint density at radius 3 is 2.34 bits per heavy atom. The second-order valence-electron chi connectivity index (χ2n) is 8.84. The predicted octanol–water partition coefficient (Wildman–Crippen LogP) is 5.43. The van der Waals surface area contributed by atoms with E-state index in [0.29, 0.717) is 17.3 Å². The van der Waals surface area contributed by atoms with Gasteiger partial charge in [-0.3, -0.25) is 5.32 Å². The van der Waals surface area contributed by atoms with Crippen LogP contribution in [-0.4, -0.2) is 38.2 Å². The number of methoxy groups -OCH3 is 2. The van der Waals surface area contributed by atoms with Crippen LogP contribution >= 0.6 is 0 Å². The molecule has 0 spiro atoms. The fourth-order valence-electron chi connectivity index (χ4n) is 4.77. The maximum atomic E-state index is 12.1. The van der Waals surface area contributed by atoms with Crippen LogP contribution in [0.2, 0.25) is 0 Å². The Labute approximate surface area is 221 Å². The van der Waals surface area contributed by atoms with Gasteiger partial charge in [0.1, 0.15) is 17.7 Å². The topological polar surface area (TPSA) is 90.5 Å². The summed E-state index contributed by atoms with van der Waals surface area (Å²) in [7, 11) is 3.24. The highest BCUT2D eigenvalue weighted by Gasteiger charge is 2.43. The molecular formula is C29H31N3O6. The number of carbonyl (C=O) groups is 1. The molecule has 2 heterocycles. The molecule has 2 aliphatic heterocycles. The zero-order valence-corrected chi connectivity index (χ0v) is 21.5. The summed E-state index contributed by atoms with van der Waals surface area (Å²) in [6.45, 7) is 1.97. The van der Waals surface area contributed by atoms with E-state index in [2.05, 4.69) is 22.9 Å². The summed E-state index contributed by atoms with van der Waals surface area (Å²) in [5, 5.41) is 5.64. The highest BCUT2D eigenvalue weighted by atomic mass is 16.7. The number of hydrogen-bond acceptors (Lipinski definition) is 9. The number of para-hydroxylation sites is 1. The Kier molecular flexibility index (Phi) is 7.67. The number of nitrogens with one attached hydrogen (secondary N) is 2. The first kappa shape index (κ1) is 25.4. The molecule has 0 amide bonds. The first-order valence-corrected chi connectivity index (χ1v) is 12.5. The van der Waals surface area contributed by atoms with Crippen molar-refractivity contribution >= 4 is 6.16 Å². The van der Waals surface area contributed by atoms with E-state index in [1.165, 1.54) is 0 Å². The molecule has 0 saturated carbocycles. The lowest BCUT2D eigenvalue weighted by Crippen LogP contribution is -2.55. The standard InChI is InChI=1S/C29H31N3O6/c1-4-36-29(33)38-27-18-30-32-24(20-12-15-25(34-2)26(16-20)35-3)17-23(31-28(27)32)19-10-13-22(14-11-19)37-21-8-6-5-7-9-21/h5-16,18,23-24,28,30-31H,4,17H2,1-3H3. The maximum absolute atomic E-state index is 12.1. The summed E-state index contributed by atoms with van der Waals surface area (Å²) in [4.78, 5) is 12.1. The van der Waals surface area contributed by atoms with Crippen molar-refractivity contribution in [3.05, 3.63) is 95.9 Å². The summed E-state index contributed by atoms with van der Waals surface area (Å²) < 4.78 is 27.5. The minimum Gasteiger partial charge on any atom is -0.493 e. The fraction of sp³-hybridized carbons (Fsp3) is 0.276. The zero-order chi connectivity index (χ0) is 26.5. The van der Waals surface area contributed by atoms with E-state index < -0.39 is 12.3 Å². The van der Waals surface area contributed by atoms with Crippen LogP contribution in [0.25, 0.3) is 0 Å². The smallest absolute Gasteiger partial charge is 0.493 e. The van der Waals surface area contributed by atoms with Gasteiger partial charge in [0.05, 0.1) is 33.1 Å². The van der Waals surface area contributed by atoms with Crippen molar-refractivity contribution in [3.8, 4) is 23.0 Å². The Bertz CT molecular complexity index is 1280. The zero-order valence-electron chi connectivity index (χ0n) is 21.5. The van der Waals surface area contributed by atoms with Crippen LogP contribution in [0.4, 0.5) is 4.79 Å². The van der Waals surface area contributed by atoms with E-state index in [9.17, 15) is 4.79 Å². The van der Waals surface area contributed by atoms with Gasteiger partial charge in [0.25, 0.3) is 0 Å². The molecular weight excluding hydrogens is 486 g/mol. The average Bonchev–Trinajstić information content (AvgIpc) is 3.35. The number of fused-ring (bicyclic) bond motifs is 1. The van der Waals surface area contributed by atoms with Gasteiger partial charge < -0.3 is 29.1 Å². The van der Waals surface area contributed by atoms with Gasteiger partial charge in [-0.2, -0.15) is 5.01 Å². The Morgan fingerprint density at radius 2 is 1.63 bits per heavy atom. The summed E-state index contributed by atoms with van der Waals surface area (Å²) in [5.41, 5.74) is 5.37. The van der Waals surface area contributed by atoms with Crippen molar-refractivity contribution < 1.29 is 28.5 Å². The van der Waals surface area contributed by atoms with E-state index in [4.69, 9.17) is 23.7 Å². The SMILES string of the molecule is CCOC(=O)OC1=CNN2C1NC(c1ccc(Oc3ccccc3)cc1)CC2c1ccc(OC)c(OC)c1. The number of benzene rings is 3. The third-order valence-corrected chi connectivity index (χ3v) is 6.57. The van der Waals surface area contributed by atoms with Crippen LogP contribution in [0.15, 0.2) is 84.8 Å². The largest absolute Gasteiger partial charge is 0.513 e. The highest BCUT2D eigenvalue weighted by molar-refractivity contribution is 5.61. The van der Waals surface area contributed by atoms with E-state index >= 15 is 0 Å². The fourth-order valence-corrected chi connectivity index (χ4v) is 4.77. The summed E-state index contributed by atoms with van der Waals surface area (Å²) in [6.07, 6.45) is 1.27. The van der Waals surface area contributed by atoms with Crippen LogP contribution in [0.1, 0.15) is 36.6 Å². The second kappa shape index (κ2) is 11.5. The lowest BCUT2D eigenvalue weighted by Gasteiger charge is -2.43. The molecule has 198 valence electrons. The highest BCUT2D eigenvalue weighted by Crippen LogP contribution is 2.42. The summed E-state index contributed by atoms with van der Waals surface area (Å²) in [5.74, 6) is 3.27. The van der Waals surface area contributed by atoms with Crippen molar-refractivity contribution in [1.82, 2.24) is 15.8 Å². The van der Waals surface area contributed by atoms with Crippen LogP contribution in [0, 0.1) is 0 Å². The molecule has 3 atom stereocenters. The normalized spacial score (nSPS) is 20.5. The molecule has 0 aliphatic carbocycles. The molecule has 3 aromatic carbocycles. The summed E-state index contributed by atoms with van der Waals surface area (Å²) in [6, 6.07) is 23.5. The summed E-state index contributed by atoms with van der Waals surface area (Å²) >= 11 is 0. The average molecular weight is 518 g/mol. The molecule has 1 fully saturated rings. The molecule has 2 N–H and O–H groups in total. The van der Waals surface area contributed by atoms with E-state index in [-0.39, 0.29) is 18.7 Å². The van der Waals surface area contributed by atoms with Gasteiger partial charge >= 0.3 is 6.16 Å². The van der Waals surface area contributed by atoms with Gasteiger partial charge in [-0.15, -0.1) is 0 Å². The van der Waals surface area contributed by atoms with Gasteiger partial charge in [0, 0.05) is 6.04 Å². The molecule has 3 aromatic rings. The Hall–Kier alpha value is -4.21. The molecule has 3 unspecified atom stereocenters.